The van der Waals surface area contributed by atoms with Crippen molar-refractivity contribution in [2.75, 3.05) is 13.2 Å². The lowest BCUT2D eigenvalue weighted by Crippen LogP contribution is -2.09. The SMILES string of the molecule is CC(=O)OC(=O)c1ccc(OCCCOc2ccc(C(=O)OC(C)=O)cc2)cc1. The fourth-order valence-electron chi connectivity index (χ4n) is 2.19. The van der Waals surface area contributed by atoms with Gasteiger partial charge in [-0.25, -0.2) is 9.59 Å². The van der Waals surface area contributed by atoms with Crippen LogP contribution in [0.4, 0.5) is 0 Å². The molecule has 0 radical (unpaired) electrons. The predicted octanol–water partition coefficient (Wildman–Crippen LogP) is 2.94. The quantitative estimate of drug-likeness (QED) is 0.378. The normalized spacial score (nSPS) is 10.0. The Hall–Kier alpha value is -3.68. The molecule has 2 rings (SSSR count). The molecule has 0 saturated heterocycles. The highest BCUT2D eigenvalue weighted by atomic mass is 16.6. The number of esters is 4. The summed E-state index contributed by atoms with van der Waals surface area (Å²) in [4.78, 5) is 44.7. The third kappa shape index (κ3) is 7.45. The molecule has 0 unspecified atom stereocenters. The van der Waals surface area contributed by atoms with Gasteiger partial charge in [-0.05, 0) is 48.5 Å². The first-order valence-electron chi connectivity index (χ1n) is 8.76. The molecular formula is C21H20O8. The number of hydrogen-bond donors (Lipinski definition) is 0. The molecule has 0 aromatic heterocycles. The molecular weight excluding hydrogens is 380 g/mol. The second-order valence-electron chi connectivity index (χ2n) is 5.86. The van der Waals surface area contributed by atoms with Crippen molar-refractivity contribution in [1.82, 2.24) is 0 Å². The van der Waals surface area contributed by atoms with Crippen LogP contribution >= 0.6 is 0 Å². The van der Waals surface area contributed by atoms with Gasteiger partial charge in [-0.2, -0.15) is 0 Å². The van der Waals surface area contributed by atoms with Crippen LogP contribution in [0.1, 0.15) is 41.0 Å². The Kier molecular flexibility index (Phi) is 7.90. The number of hydrogen-bond acceptors (Lipinski definition) is 8. The van der Waals surface area contributed by atoms with Crippen molar-refractivity contribution >= 4 is 23.9 Å². The molecule has 0 aliphatic heterocycles. The molecule has 2 aromatic carbocycles. The van der Waals surface area contributed by atoms with Crippen molar-refractivity contribution in [2.45, 2.75) is 20.3 Å². The van der Waals surface area contributed by atoms with Gasteiger partial charge < -0.3 is 18.9 Å². The summed E-state index contributed by atoms with van der Waals surface area (Å²) in [6.07, 6.45) is 0.599. The van der Waals surface area contributed by atoms with E-state index in [4.69, 9.17) is 9.47 Å². The van der Waals surface area contributed by atoms with Crippen LogP contribution in [0.2, 0.25) is 0 Å². The molecule has 0 N–H and O–H groups in total. The lowest BCUT2D eigenvalue weighted by atomic mass is 10.2. The van der Waals surface area contributed by atoms with Gasteiger partial charge in [0.05, 0.1) is 24.3 Å². The van der Waals surface area contributed by atoms with E-state index in [0.717, 1.165) is 13.8 Å². The highest BCUT2D eigenvalue weighted by molar-refractivity contribution is 5.96. The zero-order valence-corrected chi connectivity index (χ0v) is 16.0. The smallest absolute Gasteiger partial charge is 0.345 e. The molecule has 8 nitrogen and oxygen atoms in total. The largest absolute Gasteiger partial charge is 0.493 e. The maximum Gasteiger partial charge on any atom is 0.345 e. The zero-order valence-electron chi connectivity index (χ0n) is 16.0. The molecule has 0 bridgehead atoms. The van der Waals surface area contributed by atoms with Gasteiger partial charge in [0, 0.05) is 20.3 Å². The van der Waals surface area contributed by atoms with Crippen LogP contribution in [-0.2, 0) is 19.1 Å². The maximum absolute atomic E-state index is 11.6. The van der Waals surface area contributed by atoms with Crippen LogP contribution in [-0.4, -0.2) is 37.1 Å². The van der Waals surface area contributed by atoms with E-state index in [-0.39, 0.29) is 11.1 Å². The van der Waals surface area contributed by atoms with Gasteiger partial charge in [-0.3, -0.25) is 9.59 Å². The first-order chi connectivity index (χ1) is 13.8. The molecule has 8 heteroatoms. The summed E-state index contributed by atoms with van der Waals surface area (Å²) in [5.41, 5.74) is 0.512. The monoisotopic (exact) mass is 400 g/mol. The van der Waals surface area contributed by atoms with E-state index >= 15 is 0 Å². The topological polar surface area (TPSA) is 105 Å². The number of rotatable bonds is 8. The van der Waals surface area contributed by atoms with Crippen LogP contribution in [0, 0.1) is 0 Å². The summed E-state index contributed by atoms with van der Waals surface area (Å²) in [6.45, 7) is 3.10. The lowest BCUT2D eigenvalue weighted by Gasteiger charge is -2.09. The molecule has 2 aromatic rings. The Balaban J connectivity index is 1.70. The first-order valence-corrected chi connectivity index (χ1v) is 8.76. The van der Waals surface area contributed by atoms with Crippen molar-refractivity contribution < 1.29 is 38.1 Å². The van der Waals surface area contributed by atoms with Crippen molar-refractivity contribution in [2.24, 2.45) is 0 Å². The summed E-state index contributed by atoms with van der Waals surface area (Å²) in [7, 11) is 0. The molecule has 0 amide bonds. The second kappa shape index (κ2) is 10.6. The van der Waals surface area contributed by atoms with Crippen molar-refractivity contribution in [3.8, 4) is 11.5 Å². The summed E-state index contributed by atoms with van der Waals surface area (Å²) in [6, 6.07) is 12.5. The highest BCUT2D eigenvalue weighted by Crippen LogP contribution is 2.15. The Labute approximate surface area is 167 Å². The molecule has 29 heavy (non-hydrogen) atoms. The molecule has 0 aliphatic rings. The van der Waals surface area contributed by atoms with Crippen LogP contribution < -0.4 is 9.47 Å². The van der Waals surface area contributed by atoms with Gasteiger partial charge in [0.25, 0.3) is 0 Å². The maximum atomic E-state index is 11.6. The third-order valence-electron chi connectivity index (χ3n) is 3.48. The molecule has 0 aliphatic carbocycles. The number of carbonyl (C=O) groups excluding carboxylic acids is 4. The minimum absolute atomic E-state index is 0.256. The van der Waals surface area contributed by atoms with Crippen LogP contribution in [0.25, 0.3) is 0 Å². The second-order valence-corrected chi connectivity index (χ2v) is 5.86. The average molecular weight is 400 g/mol. The molecule has 152 valence electrons. The third-order valence-corrected chi connectivity index (χ3v) is 3.48. The minimum atomic E-state index is -0.710. The molecule has 0 atom stereocenters. The fraction of sp³-hybridized carbons (Fsp3) is 0.238. The number of ether oxygens (including phenoxy) is 4. The van der Waals surface area contributed by atoms with Gasteiger partial charge >= 0.3 is 23.9 Å². The van der Waals surface area contributed by atoms with Gasteiger partial charge in [-0.15, -0.1) is 0 Å². The summed E-state index contributed by atoms with van der Waals surface area (Å²) in [5.74, 6) is -1.62. The van der Waals surface area contributed by atoms with Gasteiger partial charge in [0.15, 0.2) is 0 Å². The first kappa shape index (κ1) is 21.6. The number of benzene rings is 2. The Bertz CT molecular complexity index is 795. The number of carbonyl (C=O) groups is 4. The van der Waals surface area contributed by atoms with Gasteiger partial charge in [0.2, 0.25) is 0 Å². The molecule has 0 spiro atoms. The van der Waals surface area contributed by atoms with Crippen molar-refractivity contribution in [1.29, 1.82) is 0 Å². The Morgan fingerprint density at radius 1 is 0.621 bits per heavy atom. The van der Waals surface area contributed by atoms with E-state index < -0.39 is 23.9 Å². The van der Waals surface area contributed by atoms with E-state index in [9.17, 15) is 19.2 Å². The zero-order chi connectivity index (χ0) is 21.2. The summed E-state index contributed by atoms with van der Waals surface area (Å²) in [5, 5.41) is 0. The van der Waals surface area contributed by atoms with E-state index in [1.54, 1.807) is 24.3 Å². The summed E-state index contributed by atoms with van der Waals surface area (Å²) >= 11 is 0. The van der Waals surface area contributed by atoms with E-state index in [0.29, 0.717) is 31.1 Å². The van der Waals surface area contributed by atoms with E-state index in [1.165, 1.54) is 24.3 Å². The van der Waals surface area contributed by atoms with Crippen LogP contribution in [0.5, 0.6) is 11.5 Å². The lowest BCUT2D eigenvalue weighted by molar-refractivity contribution is -0.136. The predicted molar refractivity (Wildman–Crippen MR) is 101 cm³/mol. The standard InChI is InChI=1S/C21H20O8/c1-14(22)28-20(24)16-4-8-18(9-5-16)26-12-3-13-27-19-10-6-17(7-11-19)21(25)29-15(2)23/h4-11H,3,12-13H2,1-2H3. The molecule has 0 fully saturated rings. The van der Waals surface area contributed by atoms with Gasteiger partial charge in [-0.1, -0.05) is 0 Å². The van der Waals surface area contributed by atoms with Crippen molar-refractivity contribution in [3.63, 3.8) is 0 Å². The van der Waals surface area contributed by atoms with Crippen LogP contribution in [0.3, 0.4) is 0 Å². The average Bonchev–Trinajstić information content (AvgIpc) is 2.67. The molecule has 0 heterocycles. The summed E-state index contributed by atoms with van der Waals surface area (Å²) < 4.78 is 20.1. The molecule has 0 saturated carbocycles. The van der Waals surface area contributed by atoms with Crippen molar-refractivity contribution in [3.05, 3.63) is 59.7 Å². The van der Waals surface area contributed by atoms with Gasteiger partial charge in [0.1, 0.15) is 11.5 Å². The van der Waals surface area contributed by atoms with Crippen LogP contribution in [0.15, 0.2) is 48.5 Å². The Morgan fingerprint density at radius 3 is 1.28 bits per heavy atom. The van der Waals surface area contributed by atoms with E-state index in [1.807, 2.05) is 0 Å². The minimum Gasteiger partial charge on any atom is -0.493 e. The van der Waals surface area contributed by atoms with E-state index in [2.05, 4.69) is 9.47 Å². The fourth-order valence-corrected chi connectivity index (χ4v) is 2.19. The highest BCUT2D eigenvalue weighted by Gasteiger charge is 2.10. The Morgan fingerprint density at radius 2 is 0.966 bits per heavy atom.